The van der Waals surface area contributed by atoms with Crippen LogP contribution >= 0.6 is 23.8 Å². The number of aliphatic imine (C=N–C) groups is 1. The molecule has 4 nitrogen and oxygen atoms in total. The summed E-state index contributed by atoms with van der Waals surface area (Å²) in [5.74, 6) is -1.31. The summed E-state index contributed by atoms with van der Waals surface area (Å²) in [5.41, 5.74) is 0.776. The lowest BCUT2D eigenvalue weighted by atomic mass is 9.87. The van der Waals surface area contributed by atoms with E-state index in [1.165, 1.54) is 17.0 Å². The van der Waals surface area contributed by atoms with Crippen LogP contribution in [0.25, 0.3) is 0 Å². The van der Waals surface area contributed by atoms with E-state index in [1.807, 2.05) is 0 Å². The van der Waals surface area contributed by atoms with Crippen LogP contribution in [0.1, 0.15) is 18.5 Å². The molecule has 2 unspecified atom stereocenters. The molecule has 1 aromatic rings. The second-order valence-corrected chi connectivity index (χ2v) is 5.82. The van der Waals surface area contributed by atoms with Crippen molar-refractivity contribution >= 4 is 40.6 Å². The highest BCUT2D eigenvalue weighted by molar-refractivity contribution is 7.80. The Kier molecular flexibility index (Phi) is 4.58. The van der Waals surface area contributed by atoms with Crippen LogP contribution in [-0.4, -0.2) is 35.7 Å². The van der Waals surface area contributed by atoms with Crippen molar-refractivity contribution in [1.82, 2.24) is 10.2 Å². The molecule has 7 heteroatoms. The second-order valence-electron chi connectivity index (χ2n) is 5.03. The van der Waals surface area contributed by atoms with Crippen LogP contribution in [0.3, 0.4) is 0 Å². The SMILES string of the molecule is CC1=NC(=S)NC(c2c(F)cccc2Cl)C1C(=O)N(C)C. The van der Waals surface area contributed by atoms with E-state index >= 15 is 0 Å². The molecule has 1 N–H and O–H groups in total. The Morgan fingerprint density at radius 2 is 2.14 bits per heavy atom. The number of nitrogens with one attached hydrogen (secondary N) is 1. The predicted molar refractivity (Wildman–Crippen MR) is 85.2 cm³/mol. The number of amides is 1. The molecule has 0 spiro atoms. The smallest absolute Gasteiger partial charge is 0.233 e. The summed E-state index contributed by atoms with van der Waals surface area (Å²) in [4.78, 5) is 18.0. The van der Waals surface area contributed by atoms with Crippen molar-refractivity contribution in [2.45, 2.75) is 13.0 Å². The Bertz CT molecular complexity index is 612. The lowest BCUT2D eigenvalue weighted by molar-refractivity contribution is -0.131. The van der Waals surface area contributed by atoms with E-state index in [0.29, 0.717) is 5.71 Å². The predicted octanol–water partition coefficient (Wildman–Crippen LogP) is 2.57. The third-order valence-corrected chi connectivity index (χ3v) is 3.90. The molecule has 2 atom stereocenters. The van der Waals surface area contributed by atoms with Crippen molar-refractivity contribution in [1.29, 1.82) is 0 Å². The summed E-state index contributed by atoms with van der Waals surface area (Å²) >= 11 is 11.2. The molecule has 1 aliphatic rings. The van der Waals surface area contributed by atoms with E-state index < -0.39 is 17.8 Å². The Morgan fingerprint density at radius 1 is 1.48 bits per heavy atom. The number of halogens is 2. The average molecular weight is 328 g/mol. The fraction of sp³-hybridized carbons (Fsp3) is 0.357. The van der Waals surface area contributed by atoms with Gasteiger partial charge in [-0.25, -0.2) is 9.38 Å². The Balaban J connectivity index is 2.56. The standard InChI is InChI=1S/C14H15ClFN3OS/c1-7-10(13(20)19(2)3)12(18-14(21)17-7)11-8(15)5-4-6-9(11)16/h4-6,10,12H,1-3H3,(H,18,21). The minimum atomic E-state index is -0.668. The number of thiocarbonyl (C=S) groups is 1. The maximum Gasteiger partial charge on any atom is 0.233 e. The van der Waals surface area contributed by atoms with Crippen molar-refractivity contribution < 1.29 is 9.18 Å². The number of hydrogen-bond donors (Lipinski definition) is 1. The number of carbonyl (C=O) groups is 1. The topological polar surface area (TPSA) is 44.7 Å². The first-order valence-corrected chi connectivity index (χ1v) is 7.12. The Morgan fingerprint density at radius 3 is 2.71 bits per heavy atom. The first-order chi connectivity index (χ1) is 9.82. The Hall–Kier alpha value is -1.53. The molecule has 0 fully saturated rings. The fourth-order valence-electron chi connectivity index (χ4n) is 2.37. The Labute approximate surface area is 133 Å². The number of carbonyl (C=O) groups excluding carboxylic acids is 1. The molecule has 0 aromatic heterocycles. The molecule has 0 bridgehead atoms. The molecule has 0 radical (unpaired) electrons. The summed E-state index contributed by atoms with van der Waals surface area (Å²) < 4.78 is 14.2. The van der Waals surface area contributed by atoms with E-state index in [0.717, 1.165) is 0 Å². The minimum absolute atomic E-state index is 0.185. The molecule has 2 rings (SSSR count). The number of rotatable bonds is 2. The molecule has 0 saturated carbocycles. The van der Waals surface area contributed by atoms with Gasteiger partial charge in [0.2, 0.25) is 5.91 Å². The molecular formula is C14H15ClFN3OS. The van der Waals surface area contributed by atoms with Gasteiger partial charge in [0.05, 0.1) is 6.04 Å². The highest BCUT2D eigenvalue weighted by Crippen LogP contribution is 2.34. The molecule has 0 aliphatic carbocycles. The van der Waals surface area contributed by atoms with Gasteiger partial charge < -0.3 is 10.2 Å². The molecule has 1 heterocycles. The van der Waals surface area contributed by atoms with E-state index in [1.54, 1.807) is 27.1 Å². The van der Waals surface area contributed by atoms with Crippen molar-refractivity contribution in [3.8, 4) is 0 Å². The lowest BCUT2D eigenvalue weighted by Gasteiger charge is -2.33. The van der Waals surface area contributed by atoms with Crippen LogP contribution < -0.4 is 5.32 Å². The van der Waals surface area contributed by atoms with Gasteiger partial charge >= 0.3 is 0 Å². The zero-order valence-corrected chi connectivity index (χ0v) is 13.4. The quantitative estimate of drug-likeness (QED) is 0.849. The van der Waals surface area contributed by atoms with Gasteiger partial charge in [-0.2, -0.15) is 0 Å². The molecule has 21 heavy (non-hydrogen) atoms. The molecule has 112 valence electrons. The summed E-state index contributed by atoms with van der Waals surface area (Å²) in [6, 6.07) is 3.75. The number of hydrogen-bond acceptors (Lipinski definition) is 2. The van der Waals surface area contributed by atoms with Gasteiger partial charge in [-0.3, -0.25) is 4.79 Å². The van der Waals surface area contributed by atoms with Crippen molar-refractivity contribution in [2.75, 3.05) is 14.1 Å². The third kappa shape index (κ3) is 3.06. The van der Waals surface area contributed by atoms with Gasteiger partial charge in [0.15, 0.2) is 5.11 Å². The summed E-state index contributed by atoms with van der Waals surface area (Å²) in [6.07, 6.45) is 0. The van der Waals surface area contributed by atoms with Gasteiger partial charge in [0, 0.05) is 30.4 Å². The van der Waals surface area contributed by atoms with E-state index in [-0.39, 0.29) is 21.6 Å². The second kappa shape index (κ2) is 6.07. The number of benzene rings is 1. The highest BCUT2D eigenvalue weighted by Gasteiger charge is 2.38. The first-order valence-electron chi connectivity index (χ1n) is 6.33. The highest BCUT2D eigenvalue weighted by atomic mass is 35.5. The van der Waals surface area contributed by atoms with Crippen LogP contribution in [0, 0.1) is 11.7 Å². The van der Waals surface area contributed by atoms with Crippen LogP contribution in [-0.2, 0) is 4.79 Å². The fourth-order valence-corrected chi connectivity index (χ4v) is 2.92. The van der Waals surface area contributed by atoms with Crippen molar-refractivity contribution in [3.63, 3.8) is 0 Å². The average Bonchev–Trinajstić information content (AvgIpc) is 2.37. The molecule has 0 saturated heterocycles. The number of nitrogens with zero attached hydrogens (tertiary/aromatic N) is 2. The van der Waals surface area contributed by atoms with Gasteiger partial charge in [-0.1, -0.05) is 17.7 Å². The van der Waals surface area contributed by atoms with Crippen molar-refractivity contribution in [2.24, 2.45) is 10.9 Å². The van der Waals surface area contributed by atoms with E-state index in [9.17, 15) is 9.18 Å². The van der Waals surface area contributed by atoms with Gasteiger partial charge in [0.25, 0.3) is 0 Å². The lowest BCUT2D eigenvalue weighted by Crippen LogP contribution is -2.47. The molecule has 1 aromatic carbocycles. The largest absolute Gasteiger partial charge is 0.353 e. The van der Waals surface area contributed by atoms with E-state index in [2.05, 4.69) is 10.3 Å². The summed E-state index contributed by atoms with van der Waals surface area (Å²) in [7, 11) is 3.28. The minimum Gasteiger partial charge on any atom is -0.353 e. The van der Waals surface area contributed by atoms with Crippen LogP contribution in [0.2, 0.25) is 5.02 Å². The van der Waals surface area contributed by atoms with E-state index in [4.69, 9.17) is 23.8 Å². The first kappa shape index (κ1) is 15.9. The van der Waals surface area contributed by atoms with Crippen LogP contribution in [0.5, 0.6) is 0 Å². The normalized spacial score (nSPS) is 21.6. The maximum atomic E-state index is 14.2. The molecule has 1 amide bonds. The maximum absolute atomic E-state index is 14.2. The van der Waals surface area contributed by atoms with Gasteiger partial charge in [0.1, 0.15) is 11.7 Å². The zero-order valence-electron chi connectivity index (χ0n) is 11.9. The zero-order chi connectivity index (χ0) is 15.7. The molecular weight excluding hydrogens is 313 g/mol. The third-order valence-electron chi connectivity index (χ3n) is 3.36. The molecule has 1 aliphatic heterocycles. The van der Waals surface area contributed by atoms with Crippen LogP contribution in [0.4, 0.5) is 4.39 Å². The van der Waals surface area contributed by atoms with Gasteiger partial charge in [-0.05, 0) is 31.3 Å². The van der Waals surface area contributed by atoms with Gasteiger partial charge in [-0.15, -0.1) is 0 Å². The van der Waals surface area contributed by atoms with Crippen molar-refractivity contribution in [3.05, 3.63) is 34.6 Å². The monoisotopic (exact) mass is 327 g/mol. The summed E-state index contributed by atoms with van der Waals surface area (Å²) in [5, 5.41) is 3.38. The summed E-state index contributed by atoms with van der Waals surface area (Å²) in [6.45, 7) is 1.71. The van der Waals surface area contributed by atoms with Crippen LogP contribution in [0.15, 0.2) is 23.2 Å².